The quantitative estimate of drug-likeness (QED) is 0.393. The van der Waals surface area contributed by atoms with Crippen LogP contribution in [0.4, 0.5) is 5.69 Å². The Balaban J connectivity index is 1.44. The number of aryl methyl sites for hydroxylation is 1. The van der Waals surface area contributed by atoms with Crippen LogP contribution in [0.1, 0.15) is 34.6 Å². The second-order valence-corrected chi connectivity index (χ2v) is 9.54. The number of likely N-dealkylation sites (tertiary alicyclic amines) is 1. The van der Waals surface area contributed by atoms with E-state index >= 15 is 0 Å². The third kappa shape index (κ3) is 5.87. The molecule has 1 atom stereocenters. The number of carbonyl (C=O) groups is 1. The lowest BCUT2D eigenvalue weighted by Gasteiger charge is -2.30. The summed E-state index contributed by atoms with van der Waals surface area (Å²) in [4.78, 5) is 24.4. The van der Waals surface area contributed by atoms with Gasteiger partial charge in [0.15, 0.2) is 0 Å². The molecule has 37 heavy (non-hydrogen) atoms. The van der Waals surface area contributed by atoms with Crippen LogP contribution in [0.25, 0.3) is 16.8 Å². The zero-order valence-corrected chi connectivity index (χ0v) is 21.2. The Morgan fingerprint density at radius 3 is 2.73 bits per heavy atom. The number of hydrogen-bond donors (Lipinski definition) is 2. The fourth-order valence-corrected chi connectivity index (χ4v) is 4.81. The van der Waals surface area contributed by atoms with Gasteiger partial charge in [0.25, 0.3) is 5.91 Å². The lowest BCUT2D eigenvalue weighted by molar-refractivity contribution is 0.102. The van der Waals surface area contributed by atoms with Crippen molar-refractivity contribution in [3.8, 4) is 22.6 Å². The maximum absolute atomic E-state index is 13.3. The predicted octanol–water partition coefficient (Wildman–Crippen LogP) is 4.43. The topological polar surface area (TPSA) is 98.3 Å². The number of methoxy groups -OCH3 is 1. The van der Waals surface area contributed by atoms with Crippen molar-refractivity contribution in [2.24, 2.45) is 5.73 Å². The molecule has 1 aliphatic rings. The summed E-state index contributed by atoms with van der Waals surface area (Å²) >= 11 is 0. The van der Waals surface area contributed by atoms with Gasteiger partial charge in [0.05, 0.1) is 25.3 Å². The molecule has 1 fully saturated rings. The normalized spacial score (nSPS) is 15.9. The number of hydrogen-bond acceptors (Lipinski definition) is 6. The zero-order chi connectivity index (χ0) is 25.8. The minimum atomic E-state index is -0.287. The number of carbonyl (C=O) groups excluding carboxylic acids is 1. The zero-order valence-electron chi connectivity index (χ0n) is 21.2. The molecule has 1 saturated heterocycles. The first-order valence-electron chi connectivity index (χ1n) is 12.5. The summed E-state index contributed by atoms with van der Waals surface area (Å²) in [6, 6.07) is 17.9. The minimum absolute atomic E-state index is 0.201. The number of aromatic nitrogens is 3. The molecule has 3 N–H and O–H groups in total. The fraction of sp³-hybridized carbons (Fsp3) is 0.276. The van der Waals surface area contributed by atoms with Gasteiger partial charge in [-0.3, -0.25) is 9.69 Å². The lowest BCUT2D eigenvalue weighted by atomic mass is 10.0. The van der Waals surface area contributed by atoms with Crippen molar-refractivity contribution < 1.29 is 9.53 Å². The molecule has 1 aliphatic heterocycles. The van der Waals surface area contributed by atoms with Crippen LogP contribution in [0.5, 0.6) is 5.75 Å². The van der Waals surface area contributed by atoms with E-state index in [0.29, 0.717) is 17.1 Å². The Bertz CT molecular complexity index is 1380. The molecular weight excluding hydrogens is 464 g/mol. The molecule has 0 saturated carbocycles. The van der Waals surface area contributed by atoms with E-state index in [9.17, 15) is 4.79 Å². The standard InChI is InChI=1S/C29H32N6O2/c1-20-16-35(19-32-20)25-12-21(17-34-10-6-9-23(30)18-34)11-24(13-25)33-29(36)27-14-26(28(37-2)15-31-27)22-7-4-3-5-8-22/h3-5,7-8,11-16,19,23H,6,9-10,17-18,30H2,1-2H3,(H,33,36)/t23-/m0/s1. The van der Waals surface area contributed by atoms with Crippen molar-refractivity contribution in [3.05, 3.63) is 90.3 Å². The van der Waals surface area contributed by atoms with E-state index in [1.165, 1.54) is 0 Å². The Morgan fingerprint density at radius 1 is 1.16 bits per heavy atom. The first kappa shape index (κ1) is 24.7. The van der Waals surface area contributed by atoms with Gasteiger partial charge in [0, 0.05) is 42.3 Å². The molecule has 2 aromatic carbocycles. The molecule has 8 heteroatoms. The van der Waals surface area contributed by atoms with E-state index < -0.39 is 0 Å². The van der Waals surface area contributed by atoms with Gasteiger partial charge in [0.2, 0.25) is 0 Å². The van der Waals surface area contributed by atoms with E-state index in [0.717, 1.165) is 60.5 Å². The average molecular weight is 497 g/mol. The maximum Gasteiger partial charge on any atom is 0.274 e. The van der Waals surface area contributed by atoms with E-state index in [-0.39, 0.29) is 11.9 Å². The molecule has 0 radical (unpaired) electrons. The smallest absolute Gasteiger partial charge is 0.274 e. The minimum Gasteiger partial charge on any atom is -0.494 e. The van der Waals surface area contributed by atoms with Crippen LogP contribution in [0, 0.1) is 6.92 Å². The summed E-state index contributed by atoms with van der Waals surface area (Å²) < 4.78 is 7.47. The molecule has 3 heterocycles. The fourth-order valence-electron chi connectivity index (χ4n) is 4.81. The van der Waals surface area contributed by atoms with Crippen LogP contribution in [-0.4, -0.2) is 51.6 Å². The number of piperidine rings is 1. The Hall–Kier alpha value is -4.01. The lowest BCUT2D eigenvalue weighted by Crippen LogP contribution is -2.42. The highest BCUT2D eigenvalue weighted by Crippen LogP contribution is 2.30. The van der Waals surface area contributed by atoms with Crippen LogP contribution in [0.15, 0.2) is 73.3 Å². The summed E-state index contributed by atoms with van der Waals surface area (Å²) in [5.41, 5.74) is 11.9. The van der Waals surface area contributed by atoms with Crippen LogP contribution in [0.3, 0.4) is 0 Å². The van der Waals surface area contributed by atoms with Gasteiger partial charge in [-0.05, 0) is 61.7 Å². The highest BCUT2D eigenvalue weighted by Gasteiger charge is 2.18. The molecule has 0 bridgehead atoms. The summed E-state index contributed by atoms with van der Waals surface area (Å²) in [6.07, 6.45) is 7.50. The number of pyridine rings is 1. The first-order valence-corrected chi connectivity index (χ1v) is 12.5. The monoisotopic (exact) mass is 496 g/mol. The molecule has 0 unspecified atom stereocenters. The molecule has 1 amide bonds. The summed E-state index contributed by atoms with van der Waals surface area (Å²) in [7, 11) is 1.60. The molecule has 4 aromatic rings. The van der Waals surface area contributed by atoms with Crippen LogP contribution in [-0.2, 0) is 6.54 Å². The second-order valence-electron chi connectivity index (χ2n) is 9.54. The molecule has 0 spiro atoms. The second kappa shape index (κ2) is 10.9. The van der Waals surface area contributed by atoms with E-state index in [2.05, 4.69) is 26.3 Å². The van der Waals surface area contributed by atoms with Crippen molar-refractivity contribution in [3.63, 3.8) is 0 Å². The number of amides is 1. The van der Waals surface area contributed by atoms with Crippen LogP contribution < -0.4 is 15.8 Å². The van der Waals surface area contributed by atoms with Gasteiger partial charge >= 0.3 is 0 Å². The molecule has 8 nitrogen and oxygen atoms in total. The Labute approximate surface area is 217 Å². The SMILES string of the molecule is COc1cnc(C(=O)Nc2cc(CN3CCC[C@H](N)C3)cc(-n3cnc(C)c3)c2)cc1-c1ccccc1. The number of nitrogens with zero attached hydrogens (tertiary/aromatic N) is 4. The highest BCUT2D eigenvalue weighted by molar-refractivity contribution is 6.04. The molecule has 190 valence electrons. The molecular formula is C29H32N6O2. The maximum atomic E-state index is 13.3. The summed E-state index contributed by atoms with van der Waals surface area (Å²) in [5.74, 6) is 0.326. The molecule has 5 rings (SSSR count). The summed E-state index contributed by atoms with van der Waals surface area (Å²) in [6.45, 7) is 4.60. The van der Waals surface area contributed by atoms with Crippen molar-refractivity contribution in [2.75, 3.05) is 25.5 Å². The molecule has 0 aliphatic carbocycles. The molecule has 2 aromatic heterocycles. The first-order chi connectivity index (χ1) is 18.0. The number of imidazole rings is 1. The van der Waals surface area contributed by atoms with Gasteiger partial charge in [-0.25, -0.2) is 9.97 Å². The average Bonchev–Trinajstić information content (AvgIpc) is 3.35. The third-order valence-electron chi connectivity index (χ3n) is 6.60. The van der Waals surface area contributed by atoms with E-state index in [1.807, 2.05) is 60.2 Å². The summed E-state index contributed by atoms with van der Waals surface area (Å²) in [5, 5.41) is 3.06. The van der Waals surface area contributed by atoms with Crippen LogP contribution in [0.2, 0.25) is 0 Å². The predicted molar refractivity (Wildman–Crippen MR) is 145 cm³/mol. The van der Waals surface area contributed by atoms with Crippen molar-refractivity contribution in [1.82, 2.24) is 19.4 Å². The van der Waals surface area contributed by atoms with Gasteiger partial charge < -0.3 is 20.4 Å². The van der Waals surface area contributed by atoms with Crippen molar-refractivity contribution in [2.45, 2.75) is 32.4 Å². The van der Waals surface area contributed by atoms with Crippen molar-refractivity contribution in [1.29, 1.82) is 0 Å². The van der Waals surface area contributed by atoms with Crippen molar-refractivity contribution >= 4 is 11.6 Å². The number of rotatable bonds is 7. The van der Waals surface area contributed by atoms with Crippen LogP contribution >= 0.6 is 0 Å². The number of nitrogens with one attached hydrogen (secondary N) is 1. The van der Waals surface area contributed by atoms with Gasteiger partial charge in [-0.1, -0.05) is 30.3 Å². The van der Waals surface area contributed by atoms with E-state index in [4.69, 9.17) is 10.5 Å². The number of benzene rings is 2. The Morgan fingerprint density at radius 2 is 2.00 bits per heavy atom. The van der Waals surface area contributed by atoms with E-state index in [1.54, 1.807) is 25.7 Å². The largest absolute Gasteiger partial charge is 0.494 e. The Kier molecular flexibility index (Phi) is 7.30. The van der Waals surface area contributed by atoms with Gasteiger partial charge in [-0.15, -0.1) is 0 Å². The van der Waals surface area contributed by atoms with Gasteiger partial charge in [-0.2, -0.15) is 0 Å². The number of anilines is 1. The third-order valence-corrected chi connectivity index (χ3v) is 6.60. The highest BCUT2D eigenvalue weighted by atomic mass is 16.5. The number of ether oxygens (including phenoxy) is 1. The van der Waals surface area contributed by atoms with Gasteiger partial charge in [0.1, 0.15) is 11.4 Å². The number of nitrogens with two attached hydrogens (primary N) is 1.